The van der Waals surface area contributed by atoms with Crippen LogP contribution in [0.1, 0.15) is 22.8 Å². The minimum absolute atomic E-state index is 0.00872. The number of hydrogen-bond acceptors (Lipinski definition) is 5. The summed E-state index contributed by atoms with van der Waals surface area (Å²) >= 11 is 5.91. The van der Waals surface area contributed by atoms with Crippen LogP contribution in [-0.4, -0.2) is 30.2 Å². The largest absolute Gasteiger partial charge is 0.507 e. The lowest BCUT2D eigenvalue weighted by Gasteiger charge is -2.16. The van der Waals surface area contributed by atoms with E-state index in [1.807, 2.05) is 0 Å². The van der Waals surface area contributed by atoms with E-state index < -0.39 is 18.0 Å². The second-order valence-electron chi connectivity index (χ2n) is 5.40. The minimum Gasteiger partial charge on any atom is -0.507 e. The molecule has 0 saturated heterocycles. The molecule has 0 saturated carbocycles. The molecule has 1 atom stereocenters. The van der Waals surface area contributed by atoms with Crippen LogP contribution in [0.3, 0.4) is 0 Å². The zero-order valence-electron chi connectivity index (χ0n) is 14.0. The molecule has 2 aromatic carbocycles. The Bertz CT molecular complexity index is 806. The Hall–Kier alpha value is -2.73. The summed E-state index contributed by atoms with van der Waals surface area (Å²) in [4.78, 5) is 24.4. The fourth-order valence-electron chi connectivity index (χ4n) is 2.10. The van der Waals surface area contributed by atoms with Crippen LogP contribution in [0.25, 0.3) is 0 Å². The number of amides is 1. The summed E-state index contributed by atoms with van der Waals surface area (Å²) in [5, 5.41) is 12.8. The summed E-state index contributed by atoms with van der Waals surface area (Å²) in [6, 6.07) is 9.31. The fraction of sp³-hybridized carbons (Fsp3) is 0.222. The zero-order valence-corrected chi connectivity index (χ0v) is 14.8. The van der Waals surface area contributed by atoms with Crippen LogP contribution in [0.2, 0.25) is 5.02 Å². The zero-order chi connectivity index (χ0) is 18.6. The highest BCUT2D eigenvalue weighted by Crippen LogP contribution is 2.28. The van der Waals surface area contributed by atoms with Crippen LogP contribution in [0.4, 0.5) is 5.69 Å². The second kappa shape index (κ2) is 7.90. The van der Waals surface area contributed by atoms with Crippen LogP contribution in [0.5, 0.6) is 11.5 Å². The smallest absolute Gasteiger partial charge is 0.342 e. The van der Waals surface area contributed by atoms with Gasteiger partial charge in [0.15, 0.2) is 6.10 Å². The lowest BCUT2D eigenvalue weighted by Crippen LogP contribution is -2.30. The van der Waals surface area contributed by atoms with Gasteiger partial charge in [-0.3, -0.25) is 4.79 Å². The predicted octanol–water partition coefficient (Wildman–Crippen LogP) is 3.55. The first kappa shape index (κ1) is 18.6. The van der Waals surface area contributed by atoms with Crippen molar-refractivity contribution in [1.82, 2.24) is 0 Å². The van der Waals surface area contributed by atoms with Crippen molar-refractivity contribution in [1.29, 1.82) is 0 Å². The van der Waals surface area contributed by atoms with Crippen molar-refractivity contribution in [3.63, 3.8) is 0 Å². The molecular formula is C18H18ClNO5. The van der Waals surface area contributed by atoms with Crippen LogP contribution >= 0.6 is 11.6 Å². The lowest BCUT2D eigenvalue weighted by atomic mass is 10.1. The number of methoxy groups -OCH3 is 1. The van der Waals surface area contributed by atoms with Gasteiger partial charge < -0.3 is 19.9 Å². The van der Waals surface area contributed by atoms with E-state index in [0.29, 0.717) is 16.5 Å². The van der Waals surface area contributed by atoms with E-state index in [1.165, 1.54) is 32.2 Å². The molecule has 0 fully saturated rings. The molecule has 0 spiro atoms. The number of halogens is 1. The standard InChI is InChI=1S/C18H18ClNO5/c1-10-4-6-13(15(21)8-10)18(23)25-11(2)17(22)20-14-9-12(19)5-7-16(14)24-3/h4-9,11,21H,1-3H3,(H,20,22)/t11-/m1/s1. The van der Waals surface area contributed by atoms with Crippen molar-refractivity contribution in [2.24, 2.45) is 0 Å². The Balaban J connectivity index is 2.07. The molecule has 0 radical (unpaired) electrons. The van der Waals surface area contributed by atoms with Gasteiger partial charge in [0.25, 0.3) is 5.91 Å². The van der Waals surface area contributed by atoms with Crippen LogP contribution < -0.4 is 10.1 Å². The summed E-state index contributed by atoms with van der Waals surface area (Å²) in [5.41, 5.74) is 1.15. The number of anilines is 1. The van der Waals surface area contributed by atoms with E-state index in [-0.39, 0.29) is 11.3 Å². The number of nitrogens with one attached hydrogen (secondary N) is 1. The molecule has 25 heavy (non-hydrogen) atoms. The third-order valence-electron chi connectivity index (χ3n) is 3.45. The van der Waals surface area contributed by atoms with Crippen molar-refractivity contribution < 1.29 is 24.2 Å². The van der Waals surface area contributed by atoms with E-state index in [9.17, 15) is 14.7 Å². The highest BCUT2D eigenvalue weighted by Gasteiger charge is 2.22. The number of phenolic OH excluding ortho intramolecular Hbond substituents is 1. The first-order valence-electron chi connectivity index (χ1n) is 7.47. The Morgan fingerprint density at radius 3 is 2.56 bits per heavy atom. The number of hydrogen-bond donors (Lipinski definition) is 2. The van der Waals surface area contributed by atoms with Gasteiger partial charge in [-0.2, -0.15) is 0 Å². The van der Waals surface area contributed by atoms with Gasteiger partial charge in [-0.05, 0) is 49.7 Å². The van der Waals surface area contributed by atoms with Gasteiger partial charge in [-0.25, -0.2) is 4.79 Å². The summed E-state index contributed by atoms with van der Waals surface area (Å²) in [6.07, 6.45) is -1.09. The summed E-state index contributed by atoms with van der Waals surface area (Å²) in [5.74, 6) is -1.12. The van der Waals surface area contributed by atoms with Gasteiger partial charge in [0, 0.05) is 5.02 Å². The third-order valence-corrected chi connectivity index (χ3v) is 3.68. The summed E-state index contributed by atoms with van der Waals surface area (Å²) in [6.45, 7) is 3.21. The van der Waals surface area contributed by atoms with Gasteiger partial charge in [-0.15, -0.1) is 0 Å². The van der Waals surface area contributed by atoms with E-state index in [4.69, 9.17) is 21.1 Å². The third kappa shape index (κ3) is 4.64. The molecule has 132 valence electrons. The molecule has 0 aliphatic carbocycles. The van der Waals surface area contributed by atoms with E-state index in [1.54, 1.807) is 25.1 Å². The van der Waals surface area contributed by atoms with Crippen molar-refractivity contribution in [3.8, 4) is 11.5 Å². The molecule has 2 N–H and O–H groups in total. The van der Waals surface area contributed by atoms with E-state index in [0.717, 1.165) is 5.56 Å². The number of carbonyl (C=O) groups excluding carboxylic acids is 2. The number of benzene rings is 2. The molecule has 0 heterocycles. The molecular weight excluding hydrogens is 346 g/mol. The molecule has 1 amide bonds. The topological polar surface area (TPSA) is 84.9 Å². The van der Waals surface area contributed by atoms with Crippen molar-refractivity contribution in [2.45, 2.75) is 20.0 Å². The highest BCUT2D eigenvalue weighted by molar-refractivity contribution is 6.31. The molecule has 2 aromatic rings. The molecule has 0 aliphatic rings. The molecule has 7 heteroatoms. The average molecular weight is 364 g/mol. The lowest BCUT2D eigenvalue weighted by molar-refractivity contribution is -0.123. The number of carbonyl (C=O) groups is 2. The molecule has 0 bridgehead atoms. The Labute approximate surface area is 150 Å². The summed E-state index contributed by atoms with van der Waals surface area (Å²) in [7, 11) is 1.46. The fourth-order valence-corrected chi connectivity index (χ4v) is 2.28. The van der Waals surface area contributed by atoms with Gasteiger partial charge in [-0.1, -0.05) is 17.7 Å². The normalized spacial score (nSPS) is 11.5. The maximum atomic E-state index is 12.2. The minimum atomic E-state index is -1.09. The van der Waals surface area contributed by atoms with Crippen LogP contribution in [-0.2, 0) is 9.53 Å². The maximum Gasteiger partial charge on any atom is 0.342 e. The molecule has 0 aliphatic heterocycles. The average Bonchev–Trinajstić information content (AvgIpc) is 2.54. The second-order valence-corrected chi connectivity index (χ2v) is 5.84. The number of ether oxygens (including phenoxy) is 2. The summed E-state index contributed by atoms with van der Waals surface area (Å²) < 4.78 is 10.3. The van der Waals surface area contributed by atoms with Crippen molar-refractivity contribution in [2.75, 3.05) is 12.4 Å². The van der Waals surface area contributed by atoms with Crippen LogP contribution in [0, 0.1) is 6.92 Å². The predicted molar refractivity (Wildman–Crippen MR) is 94.4 cm³/mol. The molecule has 0 aromatic heterocycles. The van der Waals surface area contributed by atoms with Crippen LogP contribution in [0.15, 0.2) is 36.4 Å². The van der Waals surface area contributed by atoms with Gasteiger partial charge >= 0.3 is 5.97 Å². The quantitative estimate of drug-likeness (QED) is 0.793. The Morgan fingerprint density at radius 2 is 1.92 bits per heavy atom. The SMILES string of the molecule is COc1ccc(Cl)cc1NC(=O)[C@@H](C)OC(=O)c1ccc(C)cc1O. The van der Waals surface area contributed by atoms with Crippen molar-refractivity contribution in [3.05, 3.63) is 52.5 Å². The number of aryl methyl sites for hydroxylation is 1. The number of rotatable bonds is 5. The number of aromatic hydroxyl groups is 1. The molecule has 0 unspecified atom stereocenters. The van der Waals surface area contributed by atoms with Crippen molar-refractivity contribution >= 4 is 29.2 Å². The van der Waals surface area contributed by atoms with E-state index >= 15 is 0 Å². The monoisotopic (exact) mass is 363 g/mol. The van der Waals surface area contributed by atoms with Gasteiger partial charge in [0.05, 0.1) is 12.8 Å². The highest BCUT2D eigenvalue weighted by atomic mass is 35.5. The number of phenols is 1. The maximum absolute atomic E-state index is 12.2. The van der Waals surface area contributed by atoms with Gasteiger partial charge in [0.2, 0.25) is 0 Å². The Kier molecular flexibility index (Phi) is 5.88. The van der Waals surface area contributed by atoms with Gasteiger partial charge in [0.1, 0.15) is 17.1 Å². The first-order valence-corrected chi connectivity index (χ1v) is 7.84. The van der Waals surface area contributed by atoms with E-state index in [2.05, 4.69) is 5.32 Å². The molecule has 6 nitrogen and oxygen atoms in total. The first-order chi connectivity index (χ1) is 11.8. The number of esters is 1. The molecule has 2 rings (SSSR count). The Morgan fingerprint density at radius 1 is 1.20 bits per heavy atom.